The second-order valence-electron chi connectivity index (χ2n) is 7.13. The van der Waals surface area contributed by atoms with Crippen LogP contribution in [0.4, 0.5) is 0 Å². The summed E-state index contributed by atoms with van der Waals surface area (Å²) in [5.41, 5.74) is 1.42. The van der Waals surface area contributed by atoms with Crippen LogP contribution in [-0.2, 0) is 18.4 Å². The lowest BCUT2D eigenvalue weighted by atomic mass is 9.95. The van der Waals surface area contributed by atoms with Crippen LogP contribution in [-0.4, -0.2) is 48.8 Å². The number of aryl methyl sites for hydroxylation is 1. The fourth-order valence-electron chi connectivity index (χ4n) is 3.77. The minimum atomic E-state index is -0.442. The van der Waals surface area contributed by atoms with Gasteiger partial charge >= 0.3 is 0 Å². The lowest BCUT2D eigenvalue weighted by Gasteiger charge is -2.31. The summed E-state index contributed by atoms with van der Waals surface area (Å²) in [6, 6.07) is 9.34. The number of carbonyl (C=O) groups is 2. The zero-order chi connectivity index (χ0) is 19.5. The molecule has 28 heavy (non-hydrogen) atoms. The topological polar surface area (TPSA) is 73.0 Å². The fraction of sp³-hybridized carbons (Fsp3) is 0.333. The Bertz CT molecular complexity index is 968. The van der Waals surface area contributed by atoms with Crippen molar-refractivity contribution in [2.24, 2.45) is 7.05 Å². The molecule has 0 aromatic carbocycles. The first-order chi connectivity index (χ1) is 13.6. The van der Waals surface area contributed by atoms with Crippen molar-refractivity contribution < 1.29 is 9.59 Å². The standard InChI is InChI=1S/C21H23N5O2/c1-24-11-4-6-18(24)19(27)21(28)25-12-7-16(8-13-25)20-23-10-14-26(20)15-17-5-2-3-9-22-17/h2-6,9-11,14,16H,7-8,12-13,15H2,1H3. The maximum atomic E-state index is 12.6. The summed E-state index contributed by atoms with van der Waals surface area (Å²) in [5.74, 6) is 0.430. The van der Waals surface area contributed by atoms with Crippen LogP contribution in [0.15, 0.2) is 55.1 Å². The maximum absolute atomic E-state index is 12.6. The van der Waals surface area contributed by atoms with Crippen LogP contribution in [0.3, 0.4) is 0 Å². The number of imidazole rings is 1. The van der Waals surface area contributed by atoms with Crippen molar-refractivity contribution in [3.05, 3.63) is 72.3 Å². The van der Waals surface area contributed by atoms with Gasteiger partial charge in [0.25, 0.3) is 11.7 Å². The molecule has 0 saturated carbocycles. The molecule has 0 spiro atoms. The molecule has 7 heteroatoms. The molecule has 1 aliphatic rings. The van der Waals surface area contributed by atoms with Gasteiger partial charge in [0.1, 0.15) is 5.82 Å². The van der Waals surface area contributed by atoms with Crippen LogP contribution in [0.2, 0.25) is 0 Å². The van der Waals surface area contributed by atoms with Crippen molar-refractivity contribution in [3.63, 3.8) is 0 Å². The smallest absolute Gasteiger partial charge is 0.296 e. The number of nitrogens with zero attached hydrogens (tertiary/aromatic N) is 5. The van der Waals surface area contributed by atoms with Crippen molar-refractivity contribution >= 4 is 11.7 Å². The molecular formula is C21H23N5O2. The minimum absolute atomic E-state index is 0.271. The highest BCUT2D eigenvalue weighted by atomic mass is 16.2. The van der Waals surface area contributed by atoms with Gasteiger partial charge in [-0.3, -0.25) is 14.6 Å². The average molecular weight is 377 g/mol. The summed E-state index contributed by atoms with van der Waals surface area (Å²) in [6.07, 6.45) is 8.94. The maximum Gasteiger partial charge on any atom is 0.296 e. The molecular weight excluding hydrogens is 354 g/mol. The van der Waals surface area contributed by atoms with Crippen molar-refractivity contribution in [2.45, 2.75) is 25.3 Å². The summed E-state index contributed by atoms with van der Waals surface area (Å²) in [6.45, 7) is 1.81. The summed E-state index contributed by atoms with van der Waals surface area (Å²) in [5, 5.41) is 0. The van der Waals surface area contributed by atoms with Crippen LogP contribution in [0.5, 0.6) is 0 Å². The van der Waals surface area contributed by atoms with Gasteiger partial charge in [-0.2, -0.15) is 0 Å². The number of carbonyl (C=O) groups excluding carboxylic acids is 2. The first-order valence-corrected chi connectivity index (χ1v) is 9.49. The molecule has 0 unspecified atom stereocenters. The lowest BCUT2D eigenvalue weighted by Crippen LogP contribution is -2.42. The molecule has 7 nitrogen and oxygen atoms in total. The molecule has 1 amide bonds. The van der Waals surface area contributed by atoms with E-state index in [0.29, 0.717) is 25.3 Å². The lowest BCUT2D eigenvalue weighted by molar-refractivity contribution is -0.127. The SMILES string of the molecule is Cn1cccc1C(=O)C(=O)N1CCC(c2nccn2Cc2ccccn2)CC1. The monoisotopic (exact) mass is 377 g/mol. The summed E-state index contributed by atoms with van der Waals surface area (Å²) in [7, 11) is 1.77. The van der Waals surface area contributed by atoms with E-state index in [-0.39, 0.29) is 5.92 Å². The summed E-state index contributed by atoms with van der Waals surface area (Å²) in [4.78, 5) is 35.6. The molecule has 0 atom stereocenters. The number of ketones is 1. The number of rotatable bonds is 5. The normalized spacial score (nSPS) is 15.0. The van der Waals surface area contributed by atoms with Gasteiger partial charge in [0.2, 0.25) is 0 Å². The van der Waals surface area contributed by atoms with Crippen molar-refractivity contribution in [2.75, 3.05) is 13.1 Å². The number of pyridine rings is 1. The molecule has 0 bridgehead atoms. The molecule has 1 saturated heterocycles. The highest BCUT2D eigenvalue weighted by Crippen LogP contribution is 2.27. The van der Waals surface area contributed by atoms with Crippen LogP contribution in [0.25, 0.3) is 0 Å². The first kappa shape index (κ1) is 18.2. The van der Waals surface area contributed by atoms with Crippen molar-refractivity contribution in [1.82, 2.24) is 24.0 Å². The molecule has 3 aromatic rings. The fourth-order valence-corrected chi connectivity index (χ4v) is 3.77. The van der Waals surface area contributed by atoms with E-state index in [0.717, 1.165) is 24.4 Å². The first-order valence-electron chi connectivity index (χ1n) is 9.49. The highest BCUT2D eigenvalue weighted by molar-refractivity contribution is 6.42. The molecule has 1 aliphatic heterocycles. The molecule has 144 valence electrons. The molecule has 4 rings (SSSR count). The quantitative estimate of drug-likeness (QED) is 0.505. The van der Waals surface area contributed by atoms with Gasteiger partial charge in [-0.05, 0) is 37.1 Å². The van der Waals surface area contributed by atoms with Gasteiger partial charge in [0.05, 0.1) is 17.9 Å². The molecule has 3 aromatic heterocycles. The van der Waals surface area contributed by atoms with Gasteiger partial charge in [-0.1, -0.05) is 6.07 Å². The van der Waals surface area contributed by atoms with Gasteiger partial charge < -0.3 is 14.0 Å². The third-order valence-electron chi connectivity index (χ3n) is 5.32. The number of hydrogen-bond acceptors (Lipinski definition) is 4. The Morgan fingerprint density at radius 1 is 1.04 bits per heavy atom. The minimum Gasteiger partial charge on any atom is -0.348 e. The van der Waals surface area contributed by atoms with E-state index in [1.165, 1.54) is 0 Å². The zero-order valence-electron chi connectivity index (χ0n) is 15.9. The van der Waals surface area contributed by atoms with E-state index in [1.54, 1.807) is 41.0 Å². The van der Waals surface area contributed by atoms with E-state index in [1.807, 2.05) is 30.6 Å². The molecule has 0 aliphatic carbocycles. The van der Waals surface area contributed by atoms with E-state index < -0.39 is 11.7 Å². The predicted molar refractivity (Wildman–Crippen MR) is 104 cm³/mol. The Labute approximate surface area is 163 Å². The largest absolute Gasteiger partial charge is 0.348 e. The van der Waals surface area contributed by atoms with Gasteiger partial charge in [-0.25, -0.2) is 4.98 Å². The van der Waals surface area contributed by atoms with Crippen molar-refractivity contribution in [3.8, 4) is 0 Å². The van der Waals surface area contributed by atoms with E-state index in [9.17, 15) is 9.59 Å². The van der Waals surface area contributed by atoms with E-state index in [4.69, 9.17) is 0 Å². The molecule has 4 heterocycles. The predicted octanol–water partition coefficient (Wildman–Crippen LogP) is 2.25. The number of amides is 1. The number of aromatic nitrogens is 4. The summed E-state index contributed by atoms with van der Waals surface area (Å²) < 4.78 is 3.81. The Hall–Kier alpha value is -3.22. The second-order valence-corrected chi connectivity index (χ2v) is 7.13. The Morgan fingerprint density at radius 2 is 1.86 bits per heavy atom. The Balaban J connectivity index is 1.40. The van der Waals surface area contributed by atoms with E-state index >= 15 is 0 Å². The molecule has 0 N–H and O–H groups in total. The number of piperidine rings is 1. The Morgan fingerprint density at radius 3 is 2.54 bits per heavy atom. The second kappa shape index (κ2) is 7.80. The molecule has 1 fully saturated rings. The van der Waals surface area contributed by atoms with Gasteiger partial charge in [-0.15, -0.1) is 0 Å². The molecule has 0 radical (unpaired) electrons. The van der Waals surface area contributed by atoms with Crippen LogP contribution in [0.1, 0.15) is 40.8 Å². The highest BCUT2D eigenvalue weighted by Gasteiger charge is 2.30. The van der Waals surface area contributed by atoms with Crippen LogP contribution < -0.4 is 0 Å². The van der Waals surface area contributed by atoms with Crippen molar-refractivity contribution in [1.29, 1.82) is 0 Å². The van der Waals surface area contributed by atoms with E-state index in [2.05, 4.69) is 14.5 Å². The van der Waals surface area contributed by atoms with Gasteiger partial charge in [0, 0.05) is 50.8 Å². The number of hydrogen-bond donors (Lipinski definition) is 0. The third kappa shape index (κ3) is 3.60. The van der Waals surface area contributed by atoms with Crippen LogP contribution in [0, 0.1) is 0 Å². The van der Waals surface area contributed by atoms with Gasteiger partial charge in [0.15, 0.2) is 0 Å². The summed E-state index contributed by atoms with van der Waals surface area (Å²) >= 11 is 0. The third-order valence-corrected chi connectivity index (χ3v) is 5.32. The average Bonchev–Trinajstić information content (AvgIpc) is 3.37. The zero-order valence-corrected chi connectivity index (χ0v) is 15.9. The Kier molecular flexibility index (Phi) is 5.06. The number of likely N-dealkylation sites (tertiary alicyclic amines) is 1. The number of Topliss-reactive ketones (excluding diaryl/α,β-unsaturated/α-hetero) is 1. The van der Waals surface area contributed by atoms with Crippen LogP contribution >= 0.6 is 0 Å².